The maximum absolute atomic E-state index is 9.62. The summed E-state index contributed by atoms with van der Waals surface area (Å²) in [5, 5.41) is 9.62. The molecule has 0 aromatic heterocycles. The number of hydrogen-bond acceptors (Lipinski definition) is 4. The molecule has 1 aliphatic carbocycles. The number of piperazine rings is 1. The van der Waals surface area contributed by atoms with Crippen LogP contribution in [0.4, 0.5) is 0 Å². The first kappa shape index (κ1) is 17.4. The highest BCUT2D eigenvalue weighted by molar-refractivity contribution is 5.40. The van der Waals surface area contributed by atoms with Gasteiger partial charge in [0, 0.05) is 50.4 Å². The van der Waals surface area contributed by atoms with Crippen molar-refractivity contribution in [1.82, 2.24) is 9.80 Å². The second-order valence-electron chi connectivity index (χ2n) is 7.47. The summed E-state index contributed by atoms with van der Waals surface area (Å²) in [5.74, 6) is 1.03. The van der Waals surface area contributed by atoms with E-state index in [0.29, 0.717) is 6.04 Å². The van der Waals surface area contributed by atoms with Crippen LogP contribution in [0.25, 0.3) is 0 Å². The average molecular weight is 352 g/mol. The number of benzene rings is 2. The predicted octanol–water partition coefficient (Wildman–Crippen LogP) is 3.08. The summed E-state index contributed by atoms with van der Waals surface area (Å²) < 4.78 is 5.42. The third-order valence-corrected chi connectivity index (χ3v) is 5.91. The van der Waals surface area contributed by atoms with E-state index < -0.39 is 0 Å². The maximum atomic E-state index is 9.62. The molecule has 4 rings (SSSR count). The number of nitrogens with zero attached hydrogens (tertiary/aromatic N) is 2. The van der Waals surface area contributed by atoms with Gasteiger partial charge in [-0.3, -0.25) is 9.80 Å². The van der Waals surface area contributed by atoms with Gasteiger partial charge < -0.3 is 9.84 Å². The fraction of sp³-hybridized carbons (Fsp3) is 0.455. The summed E-state index contributed by atoms with van der Waals surface area (Å²) in [6.07, 6.45) is 3.69. The fourth-order valence-electron chi connectivity index (χ4n) is 4.38. The van der Waals surface area contributed by atoms with Crippen molar-refractivity contribution in [2.75, 3.05) is 33.3 Å². The third-order valence-electron chi connectivity index (χ3n) is 5.91. The Morgan fingerprint density at radius 3 is 2.58 bits per heavy atom. The zero-order valence-corrected chi connectivity index (χ0v) is 15.5. The van der Waals surface area contributed by atoms with Gasteiger partial charge in [-0.1, -0.05) is 30.3 Å². The molecule has 0 saturated carbocycles. The summed E-state index contributed by atoms with van der Waals surface area (Å²) in [6, 6.07) is 15.0. The van der Waals surface area contributed by atoms with E-state index >= 15 is 0 Å². The number of phenols is 1. The van der Waals surface area contributed by atoms with Crippen LogP contribution in [0, 0.1) is 0 Å². The standard InChI is InChI=1S/C22H28N2O2/c1-26-22-15-21(25)9-7-19(22)16-23-10-12-24(13-11-23)20-8-6-17-4-2-3-5-18(17)14-20/h2-5,7,9,15,20,25H,6,8,10-14,16H2,1H3/t20-/m0/s1. The summed E-state index contributed by atoms with van der Waals surface area (Å²) in [4.78, 5) is 5.17. The smallest absolute Gasteiger partial charge is 0.127 e. The molecule has 4 nitrogen and oxygen atoms in total. The van der Waals surface area contributed by atoms with Crippen molar-refractivity contribution in [3.05, 3.63) is 59.2 Å². The largest absolute Gasteiger partial charge is 0.508 e. The molecule has 2 aromatic carbocycles. The molecule has 4 heteroatoms. The molecule has 1 heterocycles. The number of ether oxygens (including phenoxy) is 1. The molecule has 1 aliphatic heterocycles. The van der Waals surface area contributed by atoms with Crippen molar-refractivity contribution in [3.63, 3.8) is 0 Å². The van der Waals surface area contributed by atoms with E-state index in [2.05, 4.69) is 34.1 Å². The molecule has 0 amide bonds. The van der Waals surface area contributed by atoms with E-state index in [1.54, 1.807) is 30.4 Å². The van der Waals surface area contributed by atoms with Crippen LogP contribution >= 0.6 is 0 Å². The van der Waals surface area contributed by atoms with Crippen molar-refractivity contribution in [2.24, 2.45) is 0 Å². The first-order valence-corrected chi connectivity index (χ1v) is 9.62. The van der Waals surface area contributed by atoms with Gasteiger partial charge in [-0.15, -0.1) is 0 Å². The van der Waals surface area contributed by atoms with Gasteiger partial charge in [0.2, 0.25) is 0 Å². The first-order chi connectivity index (χ1) is 12.7. The van der Waals surface area contributed by atoms with Crippen LogP contribution in [-0.2, 0) is 19.4 Å². The zero-order valence-electron chi connectivity index (χ0n) is 15.5. The lowest BCUT2D eigenvalue weighted by molar-refractivity contribution is 0.0852. The summed E-state index contributed by atoms with van der Waals surface area (Å²) in [6.45, 7) is 5.32. The lowest BCUT2D eigenvalue weighted by Gasteiger charge is -2.41. The molecule has 2 aliphatic rings. The van der Waals surface area contributed by atoms with Crippen LogP contribution in [0.2, 0.25) is 0 Å². The van der Waals surface area contributed by atoms with E-state index in [9.17, 15) is 5.11 Å². The lowest BCUT2D eigenvalue weighted by Crippen LogP contribution is -2.51. The summed E-state index contributed by atoms with van der Waals surface area (Å²) in [7, 11) is 1.66. The third kappa shape index (κ3) is 3.71. The summed E-state index contributed by atoms with van der Waals surface area (Å²) >= 11 is 0. The summed E-state index contributed by atoms with van der Waals surface area (Å²) in [5.41, 5.74) is 4.23. The van der Waals surface area contributed by atoms with Gasteiger partial charge in [0.25, 0.3) is 0 Å². The Bertz CT molecular complexity index is 754. The number of aryl methyl sites for hydroxylation is 1. The van der Waals surface area contributed by atoms with E-state index in [1.807, 2.05) is 6.07 Å². The van der Waals surface area contributed by atoms with Crippen LogP contribution in [0.3, 0.4) is 0 Å². The highest BCUT2D eigenvalue weighted by Crippen LogP contribution is 2.27. The minimum absolute atomic E-state index is 0.257. The molecule has 2 aromatic rings. The van der Waals surface area contributed by atoms with E-state index in [1.165, 1.54) is 19.3 Å². The van der Waals surface area contributed by atoms with Crippen molar-refractivity contribution in [3.8, 4) is 11.5 Å². The molecule has 0 unspecified atom stereocenters. The topological polar surface area (TPSA) is 35.9 Å². The molecule has 1 N–H and O–H groups in total. The van der Waals surface area contributed by atoms with Crippen molar-refractivity contribution in [1.29, 1.82) is 0 Å². The normalized spacial score (nSPS) is 21.3. The Morgan fingerprint density at radius 1 is 1.04 bits per heavy atom. The second-order valence-corrected chi connectivity index (χ2v) is 7.47. The van der Waals surface area contributed by atoms with Gasteiger partial charge in [0.05, 0.1) is 7.11 Å². The highest BCUT2D eigenvalue weighted by atomic mass is 16.5. The Labute approximate surface area is 156 Å². The Balaban J connectivity index is 1.34. The number of rotatable bonds is 4. The molecule has 0 spiro atoms. The monoisotopic (exact) mass is 352 g/mol. The number of phenolic OH excluding ortho intramolecular Hbond substituents is 1. The van der Waals surface area contributed by atoms with E-state index in [0.717, 1.165) is 44.0 Å². The zero-order chi connectivity index (χ0) is 17.9. The Hall–Kier alpha value is -2.04. The van der Waals surface area contributed by atoms with Crippen LogP contribution in [0.15, 0.2) is 42.5 Å². The first-order valence-electron chi connectivity index (χ1n) is 9.62. The molecular formula is C22H28N2O2. The number of aromatic hydroxyl groups is 1. The maximum Gasteiger partial charge on any atom is 0.127 e. The van der Waals surface area contributed by atoms with Crippen LogP contribution in [0.1, 0.15) is 23.1 Å². The highest BCUT2D eigenvalue weighted by Gasteiger charge is 2.27. The molecular weight excluding hydrogens is 324 g/mol. The van der Waals surface area contributed by atoms with Gasteiger partial charge in [0.15, 0.2) is 0 Å². The van der Waals surface area contributed by atoms with Crippen molar-refractivity contribution in [2.45, 2.75) is 31.8 Å². The predicted molar refractivity (Wildman–Crippen MR) is 104 cm³/mol. The van der Waals surface area contributed by atoms with Gasteiger partial charge >= 0.3 is 0 Å². The molecule has 1 atom stereocenters. The molecule has 138 valence electrons. The van der Waals surface area contributed by atoms with Crippen LogP contribution in [0.5, 0.6) is 11.5 Å². The van der Waals surface area contributed by atoms with E-state index in [-0.39, 0.29) is 5.75 Å². The molecule has 0 bridgehead atoms. The van der Waals surface area contributed by atoms with Crippen LogP contribution in [-0.4, -0.2) is 54.2 Å². The molecule has 1 saturated heterocycles. The Morgan fingerprint density at radius 2 is 1.81 bits per heavy atom. The number of methoxy groups -OCH3 is 1. The number of fused-ring (bicyclic) bond motifs is 1. The second kappa shape index (κ2) is 7.68. The Kier molecular flexibility index (Phi) is 5.14. The van der Waals surface area contributed by atoms with Gasteiger partial charge in [-0.05, 0) is 36.5 Å². The molecule has 26 heavy (non-hydrogen) atoms. The van der Waals surface area contributed by atoms with Gasteiger partial charge in [-0.25, -0.2) is 0 Å². The number of hydrogen-bond donors (Lipinski definition) is 1. The van der Waals surface area contributed by atoms with Gasteiger partial charge in [0.1, 0.15) is 11.5 Å². The fourth-order valence-corrected chi connectivity index (χ4v) is 4.38. The van der Waals surface area contributed by atoms with Crippen molar-refractivity contribution < 1.29 is 9.84 Å². The minimum Gasteiger partial charge on any atom is -0.508 e. The average Bonchev–Trinajstić information content (AvgIpc) is 2.69. The van der Waals surface area contributed by atoms with Crippen molar-refractivity contribution >= 4 is 0 Å². The van der Waals surface area contributed by atoms with Gasteiger partial charge in [-0.2, -0.15) is 0 Å². The molecule has 1 fully saturated rings. The SMILES string of the molecule is COc1cc(O)ccc1CN1CCN([C@H]2CCc3ccccc3C2)CC1. The lowest BCUT2D eigenvalue weighted by atomic mass is 9.87. The quantitative estimate of drug-likeness (QED) is 0.917. The van der Waals surface area contributed by atoms with E-state index in [4.69, 9.17) is 4.74 Å². The van der Waals surface area contributed by atoms with Crippen LogP contribution < -0.4 is 4.74 Å². The molecule has 0 radical (unpaired) electrons. The minimum atomic E-state index is 0.257.